The van der Waals surface area contributed by atoms with Gasteiger partial charge in [-0.3, -0.25) is 4.79 Å². The van der Waals surface area contributed by atoms with Gasteiger partial charge in [0.05, 0.1) is 12.7 Å². The number of anilines is 1. The van der Waals surface area contributed by atoms with Gasteiger partial charge in [-0.05, 0) is 80.3 Å². The second-order valence-electron chi connectivity index (χ2n) is 7.56. The van der Waals surface area contributed by atoms with Gasteiger partial charge in [-0.1, -0.05) is 18.2 Å². The molecule has 0 saturated carbocycles. The largest absolute Gasteiger partial charge is 0.496 e. The van der Waals surface area contributed by atoms with Crippen molar-refractivity contribution in [3.8, 4) is 17.2 Å². The first kappa shape index (κ1) is 19.7. The number of carbonyl (C=O) groups is 1. The van der Waals surface area contributed by atoms with Crippen LogP contribution in [0.5, 0.6) is 5.75 Å². The summed E-state index contributed by atoms with van der Waals surface area (Å²) in [7, 11) is 1.57. The minimum atomic E-state index is -0.223. The Bertz CT molecular complexity index is 1230. The molecule has 30 heavy (non-hydrogen) atoms. The molecule has 0 spiro atoms. The Morgan fingerprint density at radius 3 is 2.47 bits per heavy atom. The van der Waals surface area contributed by atoms with Crippen LogP contribution in [0.3, 0.4) is 0 Å². The molecule has 4 aromatic rings. The molecule has 0 radical (unpaired) electrons. The number of ether oxygens (including phenoxy) is 1. The third-order valence-corrected chi connectivity index (χ3v) is 5.40. The third kappa shape index (κ3) is 3.54. The molecule has 0 aliphatic carbocycles. The fraction of sp³-hybridized carbons (Fsp3) is 0.200. The summed E-state index contributed by atoms with van der Waals surface area (Å²) in [5.74, 6) is 0.881. The monoisotopic (exact) mass is 400 g/mol. The zero-order chi connectivity index (χ0) is 21.4. The smallest absolute Gasteiger partial charge is 0.259 e. The van der Waals surface area contributed by atoms with Crippen molar-refractivity contribution in [2.45, 2.75) is 27.7 Å². The number of carbonyl (C=O) groups excluding carboxylic acids is 1. The van der Waals surface area contributed by atoms with Gasteiger partial charge in [0.15, 0.2) is 5.58 Å². The highest BCUT2D eigenvalue weighted by Gasteiger charge is 2.16. The fourth-order valence-corrected chi connectivity index (χ4v) is 3.48. The number of para-hydroxylation sites is 1. The van der Waals surface area contributed by atoms with Crippen LogP contribution in [0.15, 0.2) is 52.9 Å². The fourth-order valence-electron chi connectivity index (χ4n) is 3.48. The number of aromatic nitrogens is 1. The highest BCUT2D eigenvalue weighted by Crippen LogP contribution is 2.30. The van der Waals surface area contributed by atoms with Gasteiger partial charge in [0, 0.05) is 11.3 Å². The Kier molecular flexibility index (Phi) is 5.04. The lowest BCUT2D eigenvalue weighted by Gasteiger charge is -2.13. The molecule has 5 nitrogen and oxygen atoms in total. The Labute approximate surface area is 175 Å². The molecule has 0 fully saturated rings. The topological polar surface area (TPSA) is 64.4 Å². The third-order valence-electron chi connectivity index (χ3n) is 5.40. The van der Waals surface area contributed by atoms with E-state index in [1.165, 1.54) is 5.56 Å². The lowest BCUT2D eigenvalue weighted by Crippen LogP contribution is -2.14. The van der Waals surface area contributed by atoms with E-state index < -0.39 is 0 Å². The molecule has 1 N–H and O–H groups in total. The van der Waals surface area contributed by atoms with Crippen LogP contribution < -0.4 is 10.1 Å². The van der Waals surface area contributed by atoms with Crippen molar-refractivity contribution in [2.75, 3.05) is 12.4 Å². The van der Waals surface area contributed by atoms with Crippen LogP contribution in [-0.4, -0.2) is 18.0 Å². The van der Waals surface area contributed by atoms with Crippen molar-refractivity contribution < 1.29 is 13.9 Å². The average Bonchev–Trinajstić information content (AvgIpc) is 3.12. The van der Waals surface area contributed by atoms with Crippen LogP contribution in [0.1, 0.15) is 32.6 Å². The summed E-state index contributed by atoms with van der Waals surface area (Å²) in [4.78, 5) is 17.6. The number of rotatable bonds is 4. The van der Waals surface area contributed by atoms with E-state index in [2.05, 4.69) is 24.1 Å². The van der Waals surface area contributed by atoms with E-state index in [0.717, 1.165) is 33.4 Å². The van der Waals surface area contributed by atoms with Crippen LogP contribution in [-0.2, 0) is 0 Å². The first-order valence-electron chi connectivity index (χ1n) is 9.81. The van der Waals surface area contributed by atoms with E-state index in [9.17, 15) is 4.79 Å². The number of hydrogen-bond donors (Lipinski definition) is 1. The maximum absolute atomic E-state index is 12.9. The molecule has 0 aliphatic rings. The van der Waals surface area contributed by atoms with Gasteiger partial charge < -0.3 is 14.5 Å². The number of aryl methyl sites for hydroxylation is 4. The number of oxazole rings is 1. The van der Waals surface area contributed by atoms with Crippen molar-refractivity contribution >= 4 is 22.7 Å². The summed E-state index contributed by atoms with van der Waals surface area (Å²) in [6.07, 6.45) is 0. The molecule has 0 unspecified atom stereocenters. The minimum absolute atomic E-state index is 0.223. The summed E-state index contributed by atoms with van der Waals surface area (Å²) in [5, 5.41) is 3.00. The van der Waals surface area contributed by atoms with Crippen molar-refractivity contribution in [1.29, 1.82) is 0 Å². The number of nitrogens with one attached hydrogen (secondary N) is 1. The SMILES string of the molecule is COc1c(C)cccc1C(=O)Nc1cc(-c2nc3cc(C)c(C)cc3o2)ccc1C. The Hall–Kier alpha value is -3.60. The maximum atomic E-state index is 12.9. The second kappa shape index (κ2) is 7.67. The average molecular weight is 400 g/mol. The van der Waals surface area contributed by atoms with Gasteiger partial charge in [-0.25, -0.2) is 4.98 Å². The van der Waals surface area contributed by atoms with Gasteiger partial charge in [-0.15, -0.1) is 0 Å². The lowest BCUT2D eigenvalue weighted by atomic mass is 10.1. The predicted octanol–water partition coefficient (Wildman–Crippen LogP) is 5.99. The molecule has 1 aromatic heterocycles. The summed E-state index contributed by atoms with van der Waals surface area (Å²) >= 11 is 0. The number of benzene rings is 3. The summed E-state index contributed by atoms with van der Waals surface area (Å²) in [6, 6.07) is 15.3. The zero-order valence-electron chi connectivity index (χ0n) is 17.8. The zero-order valence-corrected chi connectivity index (χ0v) is 17.8. The van der Waals surface area contributed by atoms with E-state index in [1.54, 1.807) is 13.2 Å². The van der Waals surface area contributed by atoms with Crippen LogP contribution in [0.2, 0.25) is 0 Å². The van der Waals surface area contributed by atoms with E-state index in [4.69, 9.17) is 9.15 Å². The quantitative estimate of drug-likeness (QED) is 0.457. The number of methoxy groups -OCH3 is 1. The first-order valence-corrected chi connectivity index (χ1v) is 9.81. The van der Waals surface area contributed by atoms with E-state index in [0.29, 0.717) is 22.9 Å². The second-order valence-corrected chi connectivity index (χ2v) is 7.56. The van der Waals surface area contributed by atoms with Crippen LogP contribution >= 0.6 is 0 Å². The van der Waals surface area contributed by atoms with E-state index in [-0.39, 0.29) is 5.91 Å². The van der Waals surface area contributed by atoms with Gasteiger partial charge in [-0.2, -0.15) is 0 Å². The van der Waals surface area contributed by atoms with Gasteiger partial charge >= 0.3 is 0 Å². The van der Waals surface area contributed by atoms with Crippen molar-refractivity contribution in [1.82, 2.24) is 4.98 Å². The molecule has 1 amide bonds. The van der Waals surface area contributed by atoms with Gasteiger partial charge in [0.25, 0.3) is 5.91 Å². The molecule has 0 saturated heterocycles. The summed E-state index contributed by atoms with van der Waals surface area (Å²) in [5.41, 5.74) is 7.77. The molecular weight excluding hydrogens is 376 g/mol. The normalized spacial score (nSPS) is 11.0. The first-order chi connectivity index (χ1) is 14.4. The van der Waals surface area contributed by atoms with E-state index in [1.807, 2.05) is 56.3 Å². The van der Waals surface area contributed by atoms with Gasteiger partial charge in [0.1, 0.15) is 11.3 Å². The molecule has 0 bridgehead atoms. The number of amides is 1. The highest BCUT2D eigenvalue weighted by molar-refractivity contribution is 6.07. The summed E-state index contributed by atoms with van der Waals surface area (Å²) in [6.45, 7) is 7.97. The Morgan fingerprint density at radius 2 is 1.70 bits per heavy atom. The number of hydrogen-bond acceptors (Lipinski definition) is 4. The van der Waals surface area contributed by atoms with Crippen molar-refractivity contribution in [3.63, 3.8) is 0 Å². The molecule has 0 atom stereocenters. The number of nitrogens with zero attached hydrogens (tertiary/aromatic N) is 1. The van der Waals surface area contributed by atoms with Crippen LogP contribution in [0, 0.1) is 27.7 Å². The van der Waals surface area contributed by atoms with Gasteiger partial charge in [0.2, 0.25) is 5.89 Å². The highest BCUT2D eigenvalue weighted by atomic mass is 16.5. The lowest BCUT2D eigenvalue weighted by molar-refractivity contribution is 0.102. The molecule has 3 aromatic carbocycles. The van der Waals surface area contributed by atoms with Crippen LogP contribution in [0.25, 0.3) is 22.6 Å². The van der Waals surface area contributed by atoms with Crippen molar-refractivity contribution in [3.05, 3.63) is 76.3 Å². The maximum Gasteiger partial charge on any atom is 0.259 e. The Balaban J connectivity index is 1.69. The molecule has 0 aliphatic heterocycles. The van der Waals surface area contributed by atoms with Crippen LogP contribution in [0.4, 0.5) is 5.69 Å². The summed E-state index contributed by atoms with van der Waals surface area (Å²) < 4.78 is 11.4. The standard InChI is InChI=1S/C25H24N2O3/c1-14-9-10-18(25-27-21-11-16(3)17(4)12-22(21)30-25)13-20(14)26-24(28)19-8-6-7-15(2)23(19)29-5/h6-13H,1-5H3,(H,26,28). The Morgan fingerprint density at radius 1 is 0.933 bits per heavy atom. The van der Waals surface area contributed by atoms with Crippen molar-refractivity contribution in [2.24, 2.45) is 0 Å². The molecular formula is C25H24N2O3. The predicted molar refractivity (Wildman–Crippen MR) is 119 cm³/mol. The minimum Gasteiger partial charge on any atom is -0.496 e. The molecule has 5 heteroatoms. The molecule has 4 rings (SSSR count). The molecule has 152 valence electrons. The molecule has 1 heterocycles. The number of fused-ring (bicyclic) bond motifs is 1. The van der Waals surface area contributed by atoms with E-state index >= 15 is 0 Å².